The van der Waals surface area contributed by atoms with Crippen molar-refractivity contribution in [2.45, 2.75) is 31.8 Å². The van der Waals surface area contributed by atoms with Gasteiger partial charge in [0.25, 0.3) is 5.91 Å². The normalized spacial score (nSPS) is 24.7. The predicted molar refractivity (Wildman–Crippen MR) is 98.7 cm³/mol. The van der Waals surface area contributed by atoms with Crippen molar-refractivity contribution in [1.82, 2.24) is 15.5 Å². The van der Waals surface area contributed by atoms with Crippen LogP contribution in [0.1, 0.15) is 25.3 Å². The smallest absolute Gasteiger partial charge is 0.322 e. The third-order valence-corrected chi connectivity index (χ3v) is 5.87. The fourth-order valence-corrected chi connectivity index (χ4v) is 4.23. The zero-order valence-corrected chi connectivity index (χ0v) is 14.8. The first-order valence-corrected chi connectivity index (χ1v) is 9.03. The molecule has 0 spiro atoms. The molecule has 0 radical (unpaired) electrons. The SMILES string of the molecule is CC1(C2CCN(Cc3c(O)ccc4ccccc34)CC2)NC(=O)NC1=O. The highest BCUT2D eigenvalue weighted by Crippen LogP contribution is 2.33. The second kappa shape index (κ2) is 6.29. The van der Waals surface area contributed by atoms with Crippen molar-refractivity contribution >= 4 is 22.7 Å². The second-order valence-electron chi connectivity index (χ2n) is 7.45. The molecule has 2 fully saturated rings. The summed E-state index contributed by atoms with van der Waals surface area (Å²) in [5, 5.41) is 17.7. The minimum atomic E-state index is -0.815. The number of phenols is 1. The van der Waals surface area contributed by atoms with Crippen LogP contribution in [0.3, 0.4) is 0 Å². The number of hydrogen-bond acceptors (Lipinski definition) is 4. The van der Waals surface area contributed by atoms with E-state index in [0.29, 0.717) is 12.3 Å². The molecule has 2 aromatic carbocycles. The Morgan fingerprint density at radius 1 is 1.15 bits per heavy atom. The largest absolute Gasteiger partial charge is 0.508 e. The molecule has 3 amide bonds. The number of carbonyl (C=O) groups excluding carboxylic acids is 2. The van der Waals surface area contributed by atoms with Crippen molar-refractivity contribution in [3.05, 3.63) is 42.0 Å². The maximum Gasteiger partial charge on any atom is 0.322 e. The van der Waals surface area contributed by atoms with Crippen LogP contribution in [0.4, 0.5) is 4.79 Å². The number of urea groups is 1. The number of nitrogens with one attached hydrogen (secondary N) is 2. The minimum Gasteiger partial charge on any atom is -0.508 e. The Balaban J connectivity index is 1.48. The lowest BCUT2D eigenvalue weighted by Crippen LogP contribution is -2.53. The number of aromatic hydroxyl groups is 1. The maximum atomic E-state index is 12.1. The molecule has 2 aliphatic heterocycles. The van der Waals surface area contributed by atoms with E-state index in [1.165, 1.54) is 0 Å². The lowest BCUT2D eigenvalue weighted by Gasteiger charge is -2.38. The fraction of sp³-hybridized carbons (Fsp3) is 0.400. The van der Waals surface area contributed by atoms with Crippen LogP contribution in [0.25, 0.3) is 10.8 Å². The number of benzene rings is 2. The second-order valence-corrected chi connectivity index (χ2v) is 7.45. The lowest BCUT2D eigenvalue weighted by molar-refractivity contribution is -0.125. The summed E-state index contributed by atoms with van der Waals surface area (Å²) in [5.41, 5.74) is 0.129. The number of rotatable bonds is 3. The highest BCUT2D eigenvalue weighted by atomic mass is 16.3. The van der Waals surface area contributed by atoms with Gasteiger partial charge in [-0.1, -0.05) is 30.3 Å². The quantitative estimate of drug-likeness (QED) is 0.740. The summed E-state index contributed by atoms with van der Waals surface area (Å²) >= 11 is 0. The highest BCUT2D eigenvalue weighted by molar-refractivity contribution is 6.06. The van der Waals surface area contributed by atoms with Gasteiger partial charge in [-0.25, -0.2) is 4.79 Å². The molecule has 6 nitrogen and oxygen atoms in total. The Kier molecular flexibility index (Phi) is 4.07. The van der Waals surface area contributed by atoms with Crippen molar-refractivity contribution in [2.75, 3.05) is 13.1 Å². The Morgan fingerprint density at radius 3 is 2.58 bits per heavy atom. The van der Waals surface area contributed by atoms with Gasteiger partial charge in [0.15, 0.2) is 0 Å². The Morgan fingerprint density at radius 2 is 1.88 bits per heavy atom. The summed E-state index contributed by atoms with van der Waals surface area (Å²) in [6.07, 6.45) is 1.66. The molecule has 2 aromatic rings. The van der Waals surface area contributed by atoms with Crippen molar-refractivity contribution in [3.8, 4) is 5.75 Å². The summed E-state index contributed by atoms with van der Waals surface area (Å²) in [6.45, 7) is 4.14. The van der Waals surface area contributed by atoms with E-state index in [4.69, 9.17) is 0 Å². The molecular formula is C20H23N3O3. The fourth-order valence-electron chi connectivity index (χ4n) is 4.23. The van der Waals surface area contributed by atoms with Crippen LogP contribution in [0, 0.1) is 5.92 Å². The number of phenolic OH excluding ortho intramolecular Hbond substituents is 1. The van der Waals surface area contributed by atoms with E-state index in [9.17, 15) is 14.7 Å². The van der Waals surface area contributed by atoms with E-state index < -0.39 is 11.6 Å². The molecule has 26 heavy (non-hydrogen) atoms. The van der Waals surface area contributed by atoms with Gasteiger partial charge in [0.1, 0.15) is 11.3 Å². The van der Waals surface area contributed by atoms with Crippen LogP contribution in [0.2, 0.25) is 0 Å². The molecule has 4 rings (SSSR count). The number of piperidine rings is 1. The number of likely N-dealkylation sites (tertiary alicyclic amines) is 1. The zero-order valence-electron chi connectivity index (χ0n) is 14.8. The molecule has 0 bridgehead atoms. The Hall–Kier alpha value is -2.60. The Bertz CT molecular complexity index is 874. The van der Waals surface area contributed by atoms with Gasteiger partial charge in [-0.3, -0.25) is 15.0 Å². The molecule has 2 aliphatic rings. The van der Waals surface area contributed by atoms with Gasteiger partial charge in [0.05, 0.1) is 0 Å². The van der Waals surface area contributed by atoms with Crippen LogP contribution < -0.4 is 10.6 Å². The van der Waals surface area contributed by atoms with Gasteiger partial charge in [-0.05, 0) is 55.6 Å². The molecule has 6 heteroatoms. The number of nitrogens with zero attached hydrogens (tertiary/aromatic N) is 1. The third kappa shape index (κ3) is 2.80. The van der Waals surface area contributed by atoms with Gasteiger partial charge < -0.3 is 10.4 Å². The van der Waals surface area contributed by atoms with E-state index in [1.807, 2.05) is 37.3 Å². The van der Waals surface area contributed by atoms with E-state index in [-0.39, 0.29) is 11.8 Å². The average molecular weight is 353 g/mol. The van der Waals surface area contributed by atoms with Crippen molar-refractivity contribution < 1.29 is 14.7 Å². The van der Waals surface area contributed by atoms with Crippen LogP contribution in [-0.4, -0.2) is 40.6 Å². The van der Waals surface area contributed by atoms with Crippen molar-refractivity contribution in [3.63, 3.8) is 0 Å². The minimum absolute atomic E-state index is 0.117. The van der Waals surface area contributed by atoms with Gasteiger partial charge >= 0.3 is 6.03 Å². The first-order chi connectivity index (χ1) is 12.5. The van der Waals surface area contributed by atoms with E-state index in [2.05, 4.69) is 15.5 Å². The van der Waals surface area contributed by atoms with Crippen LogP contribution >= 0.6 is 0 Å². The van der Waals surface area contributed by atoms with E-state index >= 15 is 0 Å². The Labute approximate surface area is 152 Å². The van der Waals surface area contributed by atoms with Crippen LogP contribution in [-0.2, 0) is 11.3 Å². The molecule has 2 saturated heterocycles. The molecule has 1 unspecified atom stereocenters. The molecule has 0 aliphatic carbocycles. The van der Waals surface area contributed by atoms with Gasteiger partial charge in [0, 0.05) is 12.1 Å². The number of carbonyl (C=O) groups is 2. The molecule has 2 heterocycles. The summed E-state index contributed by atoms with van der Waals surface area (Å²) < 4.78 is 0. The van der Waals surface area contributed by atoms with Crippen molar-refractivity contribution in [1.29, 1.82) is 0 Å². The molecular weight excluding hydrogens is 330 g/mol. The first-order valence-electron chi connectivity index (χ1n) is 9.03. The lowest BCUT2D eigenvalue weighted by atomic mass is 9.79. The standard InChI is InChI=1S/C20H23N3O3/c1-20(18(25)21-19(26)22-20)14-8-10-23(11-9-14)12-16-15-5-3-2-4-13(15)6-7-17(16)24/h2-7,14,24H,8-12H2,1H3,(H2,21,22,25,26). The van der Waals surface area contributed by atoms with Gasteiger partial charge in [-0.2, -0.15) is 0 Å². The topological polar surface area (TPSA) is 81.7 Å². The molecule has 136 valence electrons. The first kappa shape index (κ1) is 16.8. The number of imide groups is 1. The summed E-state index contributed by atoms with van der Waals surface area (Å²) in [5.74, 6) is 0.208. The van der Waals surface area contributed by atoms with Gasteiger partial charge in [0.2, 0.25) is 0 Å². The average Bonchev–Trinajstić information content (AvgIpc) is 2.91. The number of hydrogen-bond donors (Lipinski definition) is 3. The molecule has 1 atom stereocenters. The van der Waals surface area contributed by atoms with Crippen LogP contribution in [0.15, 0.2) is 36.4 Å². The van der Waals surface area contributed by atoms with Gasteiger partial charge in [-0.15, -0.1) is 0 Å². The van der Waals surface area contributed by atoms with Crippen molar-refractivity contribution in [2.24, 2.45) is 5.92 Å². The molecule has 0 saturated carbocycles. The third-order valence-electron chi connectivity index (χ3n) is 5.87. The molecule has 0 aromatic heterocycles. The van der Waals surface area contributed by atoms with Crippen LogP contribution in [0.5, 0.6) is 5.75 Å². The maximum absolute atomic E-state index is 12.1. The predicted octanol–water partition coefficient (Wildman–Crippen LogP) is 2.36. The van der Waals surface area contributed by atoms with E-state index in [1.54, 1.807) is 6.07 Å². The monoisotopic (exact) mass is 353 g/mol. The number of fused-ring (bicyclic) bond motifs is 1. The number of amides is 3. The summed E-state index contributed by atoms with van der Waals surface area (Å²) in [4.78, 5) is 25.9. The summed E-state index contributed by atoms with van der Waals surface area (Å²) in [6, 6.07) is 11.4. The highest BCUT2D eigenvalue weighted by Gasteiger charge is 2.48. The molecule has 3 N–H and O–H groups in total. The van der Waals surface area contributed by atoms with E-state index in [0.717, 1.165) is 42.3 Å². The zero-order chi connectivity index (χ0) is 18.3. The summed E-state index contributed by atoms with van der Waals surface area (Å²) in [7, 11) is 0.